The zero-order chi connectivity index (χ0) is 15.4. The van der Waals surface area contributed by atoms with Crippen LogP contribution in [-0.4, -0.2) is 27.6 Å². The van der Waals surface area contributed by atoms with Gasteiger partial charge >= 0.3 is 0 Å². The summed E-state index contributed by atoms with van der Waals surface area (Å²) >= 11 is 0. The number of rotatable bonds is 5. The first-order valence-corrected chi connectivity index (χ1v) is 6.51. The molecule has 0 spiro atoms. The highest BCUT2D eigenvalue weighted by atomic mass is 16.5. The third-order valence-corrected chi connectivity index (χ3v) is 3.41. The molecule has 2 aromatic carbocycles. The second-order valence-electron chi connectivity index (χ2n) is 4.56. The first-order valence-electron chi connectivity index (χ1n) is 6.51. The topological polar surface area (TPSA) is 44.8 Å². The maximum absolute atomic E-state index is 11.4. The summed E-state index contributed by atoms with van der Waals surface area (Å²) in [6, 6.07) is 9.15. The van der Waals surface area contributed by atoms with Gasteiger partial charge in [0.15, 0.2) is 17.8 Å². The molecule has 0 aromatic heterocycles. The van der Waals surface area contributed by atoms with E-state index in [0.29, 0.717) is 17.1 Å². The van der Waals surface area contributed by atoms with Crippen LogP contribution in [0.3, 0.4) is 0 Å². The highest BCUT2D eigenvalue weighted by molar-refractivity contribution is 5.93. The van der Waals surface area contributed by atoms with Crippen LogP contribution in [0, 0.1) is 6.92 Å². The van der Waals surface area contributed by atoms with Gasteiger partial charge in [-0.05, 0) is 42.3 Å². The van der Waals surface area contributed by atoms with Gasteiger partial charge in [0.2, 0.25) is 0 Å². The Hall–Kier alpha value is -2.49. The minimum absolute atomic E-state index is 0.551. The van der Waals surface area contributed by atoms with Crippen molar-refractivity contribution in [1.82, 2.24) is 0 Å². The molecule has 0 fully saturated rings. The molecule has 0 bridgehead atoms. The second kappa shape index (κ2) is 6.31. The van der Waals surface area contributed by atoms with Crippen LogP contribution in [0.15, 0.2) is 30.3 Å². The minimum atomic E-state index is 0.551. The average molecular weight is 286 g/mol. The molecule has 0 saturated heterocycles. The van der Waals surface area contributed by atoms with E-state index in [1.165, 1.54) is 0 Å². The van der Waals surface area contributed by atoms with E-state index in [4.69, 9.17) is 14.2 Å². The van der Waals surface area contributed by atoms with Gasteiger partial charge in [0.05, 0.1) is 21.3 Å². The zero-order valence-corrected chi connectivity index (χ0v) is 12.6. The van der Waals surface area contributed by atoms with Crippen molar-refractivity contribution in [3.05, 3.63) is 41.5 Å². The van der Waals surface area contributed by atoms with Crippen molar-refractivity contribution in [3.8, 4) is 28.4 Å². The summed E-state index contributed by atoms with van der Waals surface area (Å²) in [7, 11) is 4.76. The Balaban J connectivity index is 2.74. The lowest BCUT2D eigenvalue weighted by Crippen LogP contribution is -1.98. The van der Waals surface area contributed by atoms with Gasteiger partial charge in [-0.15, -0.1) is 0 Å². The third kappa shape index (κ3) is 2.70. The molecule has 4 heteroatoms. The van der Waals surface area contributed by atoms with Gasteiger partial charge in [0, 0.05) is 11.1 Å². The number of ether oxygens (including phenoxy) is 3. The fourth-order valence-corrected chi connectivity index (χ4v) is 2.36. The van der Waals surface area contributed by atoms with Gasteiger partial charge in [-0.1, -0.05) is 6.07 Å². The minimum Gasteiger partial charge on any atom is -0.497 e. The lowest BCUT2D eigenvalue weighted by molar-refractivity contribution is 0.112. The van der Waals surface area contributed by atoms with E-state index in [-0.39, 0.29) is 0 Å². The quantitative estimate of drug-likeness (QED) is 0.789. The molecule has 2 aromatic rings. The Morgan fingerprint density at radius 3 is 2.24 bits per heavy atom. The molecule has 0 N–H and O–H groups in total. The van der Waals surface area contributed by atoms with E-state index >= 15 is 0 Å². The van der Waals surface area contributed by atoms with Crippen LogP contribution in [0.25, 0.3) is 11.1 Å². The molecule has 0 saturated carbocycles. The van der Waals surface area contributed by atoms with E-state index in [9.17, 15) is 4.79 Å². The molecule has 0 unspecified atom stereocenters. The van der Waals surface area contributed by atoms with Gasteiger partial charge in [-0.2, -0.15) is 0 Å². The standard InChI is InChI=1S/C17H18O4/c1-11-9-13(19-2)6-7-14(11)16-12(10-18)5-8-15(20-3)17(16)21-4/h5-10H,1-4H3. The van der Waals surface area contributed by atoms with Crippen molar-refractivity contribution in [2.75, 3.05) is 21.3 Å². The zero-order valence-electron chi connectivity index (χ0n) is 12.6. The number of hydrogen-bond donors (Lipinski definition) is 0. The molecule has 110 valence electrons. The van der Waals surface area contributed by atoms with Crippen LogP contribution in [0.5, 0.6) is 17.2 Å². The normalized spacial score (nSPS) is 10.1. The summed E-state index contributed by atoms with van der Waals surface area (Å²) in [5.74, 6) is 1.91. The Bertz CT molecular complexity index is 662. The average Bonchev–Trinajstić information content (AvgIpc) is 2.53. The molecule has 2 rings (SSSR count). The van der Waals surface area contributed by atoms with E-state index in [1.54, 1.807) is 33.5 Å². The van der Waals surface area contributed by atoms with Crippen LogP contribution < -0.4 is 14.2 Å². The number of carbonyl (C=O) groups excluding carboxylic acids is 1. The summed E-state index contributed by atoms with van der Waals surface area (Å²) in [5, 5.41) is 0. The highest BCUT2D eigenvalue weighted by Crippen LogP contribution is 2.41. The molecular weight excluding hydrogens is 268 g/mol. The molecule has 0 radical (unpaired) electrons. The number of methoxy groups -OCH3 is 3. The number of carbonyl (C=O) groups is 1. The van der Waals surface area contributed by atoms with Gasteiger partial charge < -0.3 is 14.2 Å². The van der Waals surface area contributed by atoms with E-state index in [2.05, 4.69) is 0 Å². The van der Waals surface area contributed by atoms with Gasteiger partial charge in [-0.25, -0.2) is 0 Å². The fourth-order valence-electron chi connectivity index (χ4n) is 2.36. The van der Waals surface area contributed by atoms with Crippen molar-refractivity contribution in [2.45, 2.75) is 6.92 Å². The maximum Gasteiger partial charge on any atom is 0.169 e. The lowest BCUT2D eigenvalue weighted by atomic mass is 9.95. The summed E-state index contributed by atoms with van der Waals surface area (Å²) in [6.45, 7) is 1.96. The number of benzene rings is 2. The largest absolute Gasteiger partial charge is 0.497 e. The molecule has 0 aliphatic carbocycles. The highest BCUT2D eigenvalue weighted by Gasteiger charge is 2.18. The Morgan fingerprint density at radius 1 is 0.952 bits per heavy atom. The third-order valence-electron chi connectivity index (χ3n) is 3.41. The van der Waals surface area contributed by atoms with Crippen LogP contribution in [0.2, 0.25) is 0 Å². The molecule has 4 nitrogen and oxygen atoms in total. The van der Waals surface area contributed by atoms with Gasteiger partial charge in [0.1, 0.15) is 5.75 Å². The molecule has 21 heavy (non-hydrogen) atoms. The Labute approximate surface area is 124 Å². The van der Waals surface area contributed by atoms with Gasteiger partial charge in [-0.3, -0.25) is 4.79 Å². The summed E-state index contributed by atoms with van der Waals surface area (Å²) in [5.41, 5.74) is 3.19. The first-order chi connectivity index (χ1) is 10.2. The van der Waals surface area contributed by atoms with Crippen LogP contribution >= 0.6 is 0 Å². The molecular formula is C17H18O4. The molecule has 0 heterocycles. The number of hydrogen-bond acceptors (Lipinski definition) is 4. The predicted molar refractivity (Wildman–Crippen MR) is 81.7 cm³/mol. The van der Waals surface area contributed by atoms with Crippen molar-refractivity contribution >= 4 is 6.29 Å². The molecule has 0 aliphatic heterocycles. The van der Waals surface area contributed by atoms with E-state index in [1.807, 2.05) is 25.1 Å². The smallest absolute Gasteiger partial charge is 0.169 e. The summed E-state index contributed by atoms with van der Waals surface area (Å²) in [6.07, 6.45) is 0.820. The lowest BCUT2D eigenvalue weighted by Gasteiger charge is -2.17. The molecule has 0 atom stereocenters. The molecule has 0 aliphatic rings. The van der Waals surface area contributed by atoms with Crippen molar-refractivity contribution in [2.24, 2.45) is 0 Å². The monoisotopic (exact) mass is 286 g/mol. The number of aldehydes is 1. The second-order valence-corrected chi connectivity index (χ2v) is 4.56. The first kappa shape index (κ1) is 14.9. The maximum atomic E-state index is 11.4. The van der Waals surface area contributed by atoms with Crippen LogP contribution in [-0.2, 0) is 0 Å². The summed E-state index contributed by atoms with van der Waals surface area (Å²) in [4.78, 5) is 11.4. The Morgan fingerprint density at radius 2 is 1.71 bits per heavy atom. The van der Waals surface area contributed by atoms with Crippen LogP contribution in [0.4, 0.5) is 0 Å². The summed E-state index contributed by atoms with van der Waals surface area (Å²) < 4.78 is 16.0. The van der Waals surface area contributed by atoms with Crippen molar-refractivity contribution in [3.63, 3.8) is 0 Å². The van der Waals surface area contributed by atoms with Crippen molar-refractivity contribution in [1.29, 1.82) is 0 Å². The predicted octanol–water partition coefficient (Wildman–Crippen LogP) is 3.50. The van der Waals surface area contributed by atoms with Gasteiger partial charge in [0.25, 0.3) is 0 Å². The molecule has 0 amide bonds. The van der Waals surface area contributed by atoms with E-state index < -0.39 is 0 Å². The number of aryl methyl sites for hydroxylation is 1. The SMILES string of the molecule is COc1ccc(-c2c(C=O)ccc(OC)c2OC)c(C)c1. The van der Waals surface area contributed by atoms with Crippen molar-refractivity contribution < 1.29 is 19.0 Å². The fraction of sp³-hybridized carbons (Fsp3) is 0.235. The van der Waals surface area contributed by atoms with E-state index in [0.717, 1.165) is 28.7 Å². The van der Waals surface area contributed by atoms with Crippen LogP contribution in [0.1, 0.15) is 15.9 Å². The Kier molecular flexibility index (Phi) is 4.48.